The molecular formula is C54H69Cl2F2LiN8O9. The Morgan fingerprint density at radius 2 is 1.01 bits per heavy atom. The molecule has 2 amide bonds. The number of benzene rings is 2. The van der Waals surface area contributed by atoms with Crippen molar-refractivity contribution in [3.63, 3.8) is 0 Å². The van der Waals surface area contributed by atoms with Crippen molar-refractivity contribution in [1.82, 2.24) is 29.7 Å². The maximum Gasteiger partial charge on any atom is 1.00 e. The number of esters is 1. The molecule has 4 aliphatic rings. The predicted octanol–water partition coefficient (Wildman–Crippen LogP) is 5.73. The average molecular weight is 1090 g/mol. The van der Waals surface area contributed by atoms with Crippen molar-refractivity contribution >= 4 is 58.9 Å². The molecule has 0 atom stereocenters. The molecule has 22 heteroatoms. The Kier molecular flexibility index (Phi) is 25.2. The van der Waals surface area contributed by atoms with Crippen LogP contribution < -0.4 is 38.1 Å². The quantitative estimate of drug-likeness (QED) is 0.0535. The molecule has 17 nitrogen and oxygen atoms in total. The van der Waals surface area contributed by atoms with E-state index in [2.05, 4.69) is 29.7 Å². The van der Waals surface area contributed by atoms with E-state index < -0.39 is 17.6 Å². The zero-order chi connectivity index (χ0) is 52.4. The Balaban J connectivity index is 0.000000274. The number of carbonyl (C=O) groups excluding carboxylic acids is 3. The Bertz CT molecular complexity index is 2460. The number of likely N-dealkylation sites (tertiary alicyclic amines) is 2. The van der Waals surface area contributed by atoms with Crippen LogP contribution in [0.5, 0.6) is 11.5 Å². The molecule has 6 heterocycles. The number of carboxylic acid groups (broad SMARTS) is 1. The standard InChI is InChI=1S/C28H36ClFN4O4.C26H32ClFN4O4.Li.H2O/c1-2-37-27(36)8-5-21-18-34(19-21)26(35)14-22-6-7-24(15-25(22)30)38-13-3-4-20-9-11-33(12-10-20)28-31-16-23(29)17-32-28;27-21-14-29-26(30-15-21)31-9-7-18(8-10-31)2-1-11-36-22-5-4-20(23(28)13-22)12-24(33)32-16-19(17-32)3-6-25(34)35;;/h6-7,15-17,20-21H,2-5,8-14,18-19H2,1H3;4-5,13-15,18-19H,1-3,6-12,16-17H2,(H,34,35);;1H2/q;;+1;/p-1. The van der Waals surface area contributed by atoms with Gasteiger partial charge in [0.25, 0.3) is 0 Å². The second-order valence-corrected chi connectivity index (χ2v) is 20.6. The number of carboxylic acids is 1. The molecule has 0 saturated carbocycles. The van der Waals surface area contributed by atoms with Crippen molar-refractivity contribution < 1.29 is 71.6 Å². The van der Waals surface area contributed by atoms with Crippen LogP contribution >= 0.6 is 23.2 Å². The number of hydrogen-bond donors (Lipinski definition) is 1. The zero-order valence-corrected chi connectivity index (χ0v) is 45.1. The van der Waals surface area contributed by atoms with E-state index in [-0.39, 0.29) is 67.3 Å². The van der Waals surface area contributed by atoms with Gasteiger partial charge in [0.15, 0.2) is 0 Å². The van der Waals surface area contributed by atoms with Gasteiger partial charge in [-0.05, 0) is 118 Å². The van der Waals surface area contributed by atoms with Crippen LogP contribution in [0.25, 0.3) is 0 Å². The summed E-state index contributed by atoms with van der Waals surface area (Å²) < 4.78 is 45.6. The molecule has 2 N–H and O–H groups in total. The molecule has 0 aliphatic carbocycles. The molecule has 0 spiro atoms. The molecule has 8 rings (SSSR count). The minimum Gasteiger partial charge on any atom is -0.870 e. The summed E-state index contributed by atoms with van der Waals surface area (Å²) in [5.74, 6) is 2.03. The number of halogens is 4. The third-order valence-corrected chi connectivity index (χ3v) is 14.6. The SMILES string of the molecule is CCOC(=O)CCC1CN(C(=O)Cc2ccc(OCCCC3CCN(c4ncc(Cl)cn4)CC3)cc2F)C1.O=C(O)CCC1CN(C(=O)Cc2ccc(OCCCC3CCN(c4ncc(Cl)cn4)CC3)cc2F)C1.[Li+].[OH-]. The number of ether oxygens (including phenoxy) is 3. The molecule has 4 aliphatic heterocycles. The van der Waals surface area contributed by atoms with Gasteiger partial charge >= 0.3 is 30.8 Å². The van der Waals surface area contributed by atoms with E-state index in [0.717, 1.165) is 89.4 Å². The monoisotopic (exact) mass is 1090 g/mol. The van der Waals surface area contributed by atoms with Gasteiger partial charge in [0, 0.05) is 77.3 Å². The van der Waals surface area contributed by atoms with Crippen molar-refractivity contribution in [2.45, 2.75) is 96.8 Å². The number of piperidine rings is 2. The van der Waals surface area contributed by atoms with Gasteiger partial charge in [-0.1, -0.05) is 35.3 Å². The molecular weight excluding hydrogens is 1020 g/mol. The van der Waals surface area contributed by atoms with Crippen molar-refractivity contribution in [2.24, 2.45) is 23.7 Å². The van der Waals surface area contributed by atoms with Crippen molar-refractivity contribution in [1.29, 1.82) is 0 Å². The summed E-state index contributed by atoms with van der Waals surface area (Å²) in [6.07, 6.45) is 16.5. The molecule has 4 fully saturated rings. The molecule has 2 aromatic heterocycles. The van der Waals surface area contributed by atoms with E-state index in [1.807, 2.05) is 0 Å². The Morgan fingerprint density at radius 3 is 1.38 bits per heavy atom. The average Bonchev–Trinajstić information content (AvgIpc) is 3.36. The number of nitrogens with zero attached hydrogens (tertiary/aromatic N) is 8. The van der Waals surface area contributed by atoms with Crippen LogP contribution in [0.1, 0.15) is 95.1 Å². The second-order valence-electron chi connectivity index (χ2n) is 19.7. The van der Waals surface area contributed by atoms with Crippen LogP contribution in [0.15, 0.2) is 61.2 Å². The summed E-state index contributed by atoms with van der Waals surface area (Å²) in [5, 5.41) is 9.82. The molecule has 2 aromatic carbocycles. The smallest absolute Gasteiger partial charge is 0.870 e. The van der Waals surface area contributed by atoms with Gasteiger partial charge < -0.3 is 44.4 Å². The summed E-state index contributed by atoms with van der Waals surface area (Å²) in [4.78, 5) is 71.9. The fourth-order valence-corrected chi connectivity index (χ4v) is 9.97. The van der Waals surface area contributed by atoms with Gasteiger partial charge in [-0.2, -0.15) is 0 Å². The van der Waals surface area contributed by atoms with Crippen LogP contribution in [-0.2, 0) is 36.8 Å². The van der Waals surface area contributed by atoms with E-state index in [1.165, 1.54) is 12.1 Å². The van der Waals surface area contributed by atoms with Crippen LogP contribution in [0, 0.1) is 35.3 Å². The first kappa shape index (κ1) is 61.5. The Morgan fingerprint density at radius 1 is 0.618 bits per heavy atom. The minimum absolute atomic E-state index is 0. The molecule has 76 heavy (non-hydrogen) atoms. The maximum absolute atomic E-state index is 14.6. The number of hydrogen-bond acceptors (Lipinski definition) is 14. The molecule has 408 valence electrons. The fourth-order valence-electron chi connectivity index (χ4n) is 9.77. The van der Waals surface area contributed by atoms with Crippen LogP contribution in [0.4, 0.5) is 20.7 Å². The Hall–Kier alpha value is -5.32. The van der Waals surface area contributed by atoms with Crippen molar-refractivity contribution in [2.75, 3.05) is 82.0 Å². The summed E-state index contributed by atoms with van der Waals surface area (Å²) in [6, 6.07) is 9.40. The number of aromatic nitrogens is 4. The topological polar surface area (TPSA) is 211 Å². The predicted molar refractivity (Wildman–Crippen MR) is 278 cm³/mol. The van der Waals surface area contributed by atoms with Crippen LogP contribution in [-0.4, -0.2) is 136 Å². The van der Waals surface area contributed by atoms with Crippen molar-refractivity contribution in [3.8, 4) is 11.5 Å². The van der Waals surface area contributed by atoms with E-state index >= 15 is 0 Å². The van der Waals surface area contributed by atoms with Gasteiger partial charge in [-0.25, -0.2) is 28.7 Å². The summed E-state index contributed by atoms with van der Waals surface area (Å²) in [7, 11) is 0. The first-order chi connectivity index (χ1) is 35.8. The second kappa shape index (κ2) is 31.2. The van der Waals surface area contributed by atoms with E-state index in [1.54, 1.807) is 65.8 Å². The molecule has 0 radical (unpaired) electrons. The van der Waals surface area contributed by atoms with Crippen LogP contribution in [0.3, 0.4) is 0 Å². The van der Waals surface area contributed by atoms with Gasteiger partial charge in [0.2, 0.25) is 23.7 Å². The number of carbonyl (C=O) groups is 4. The van der Waals surface area contributed by atoms with Crippen LogP contribution in [0.2, 0.25) is 10.0 Å². The van der Waals surface area contributed by atoms with E-state index in [9.17, 15) is 28.0 Å². The van der Waals surface area contributed by atoms with E-state index in [4.69, 9.17) is 42.5 Å². The first-order valence-corrected chi connectivity index (χ1v) is 26.7. The number of anilines is 2. The maximum atomic E-state index is 14.6. The van der Waals surface area contributed by atoms with Gasteiger partial charge in [-0.15, -0.1) is 0 Å². The number of amides is 2. The normalized spacial score (nSPS) is 16.0. The van der Waals surface area contributed by atoms with E-state index in [0.29, 0.717) is 116 Å². The largest absolute Gasteiger partial charge is 1.00 e. The van der Waals surface area contributed by atoms with Gasteiger partial charge in [0.05, 0.1) is 67.5 Å². The third kappa shape index (κ3) is 19.3. The van der Waals surface area contributed by atoms with Gasteiger partial charge in [-0.3, -0.25) is 19.2 Å². The first-order valence-electron chi connectivity index (χ1n) is 26.0. The fraction of sp³-hybridized carbons (Fsp3) is 0.556. The molecule has 4 aromatic rings. The third-order valence-electron chi connectivity index (χ3n) is 14.2. The number of rotatable bonds is 23. The summed E-state index contributed by atoms with van der Waals surface area (Å²) >= 11 is 11.7. The van der Waals surface area contributed by atoms with Crippen molar-refractivity contribution in [3.05, 3.63) is 94.0 Å². The number of aliphatic carboxylic acids is 1. The minimum atomic E-state index is -0.824. The molecule has 0 unspecified atom stereocenters. The molecule has 4 saturated heterocycles. The van der Waals surface area contributed by atoms with Gasteiger partial charge in [0.1, 0.15) is 23.1 Å². The Labute approximate surface area is 465 Å². The summed E-state index contributed by atoms with van der Waals surface area (Å²) in [5.41, 5.74) is 0.714. The molecule has 0 bridgehead atoms. The zero-order valence-electron chi connectivity index (χ0n) is 43.6. The summed E-state index contributed by atoms with van der Waals surface area (Å²) in [6.45, 7) is 9.18.